The Bertz CT molecular complexity index is 827. The number of furan rings is 2. The van der Waals surface area contributed by atoms with Gasteiger partial charge in [-0.15, -0.1) is 0 Å². The number of hydrogen-bond donors (Lipinski definition) is 0. The molecule has 2 fully saturated rings. The van der Waals surface area contributed by atoms with Crippen LogP contribution in [0.5, 0.6) is 0 Å². The molecule has 0 atom stereocenters. The molecule has 0 aliphatic carbocycles. The molecule has 2 amide bonds. The molecule has 8 heteroatoms. The fourth-order valence-electron chi connectivity index (χ4n) is 3.89. The van der Waals surface area contributed by atoms with Gasteiger partial charge in [0.25, 0.3) is 5.91 Å². The van der Waals surface area contributed by atoms with Crippen molar-refractivity contribution in [2.45, 2.75) is 38.5 Å². The summed E-state index contributed by atoms with van der Waals surface area (Å²) < 4.78 is 22.1. The number of carbonyl (C=O) groups is 2. The Hall–Kier alpha value is -2.58. The first-order valence-electron chi connectivity index (χ1n) is 9.98. The molecule has 2 aliphatic rings. The molecule has 1 spiro atoms. The molecule has 8 nitrogen and oxygen atoms in total. The topological polar surface area (TPSA) is 85.4 Å². The molecule has 0 saturated carbocycles. The first-order chi connectivity index (χ1) is 14.1. The third-order valence-electron chi connectivity index (χ3n) is 5.59. The van der Waals surface area contributed by atoms with Crippen molar-refractivity contribution >= 4 is 11.8 Å². The summed E-state index contributed by atoms with van der Waals surface area (Å²) in [4.78, 5) is 29.2. The molecule has 0 aromatic carbocycles. The second kappa shape index (κ2) is 8.42. The summed E-state index contributed by atoms with van der Waals surface area (Å²) in [6, 6.07) is 5.25. The maximum absolute atomic E-state index is 13.0. The predicted molar refractivity (Wildman–Crippen MR) is 102 cm³/mol. The van der Waals surface area contributed by atoms with Crippen LogP contribution in [0.4, 0.5) is 0 Å². The van der Waals surface area contributed by atoms with E-state index in [0.717, 1.165) is 0 Å². The maximum Gasteiger partial charge on any atom is 0.257 e. The lowest BCUT2D eigenvalue weighted by Crippen LogP contribution is -2.48. The fourth-order valence-corrected chi connectivity index (χ4v) is 3.89. The highest BCUT2D eigenvalue weighted by molar-refractivity contribution is 5.95. The molecule has 4 rings (SSSR count). The van der Waals surface area contributed by atoms with Crippen LogP contribution in [0.15, 0.2) is 39.6 Å². The van der Waals surface area contributed by atoms with Crippen LogP contribution < -0.4 is 0 Å². The second-order valence-electron chi connectivity index (χ2n) is 7.43. The largest absolute Gasteiger partial charge is 0.469 e. The average molecular weight is 402 g/mol. The van der Waals surface area contributed by atoms with Crippen molar-refractivity contribution in [3.8, 4) is 0 Å². The molecule has 0 radical (unpaired) electrons. The smallest absolute Gasteiger partial charge is 0.257 e. The first kappa shape index (κ1) is 19.7. The van der Waals surface area contributed by atoms with Gasteiger partial charge >= 0.3 is 0 Å². The van der Waals surface area contributed by atoms with Crippen molar-refractivity contribution < 1.29 is 27.9 Å². The molecule has 156 valence electrons. The minimum atomic E-state index is -0.503. The minimum absolute atomic E-state index is 0.0269. The lowest BCUT2D eigenvalue weighted by Gasteiger charge is -2.37. The zero-order chi connectivity index (χ0) is 20.3. The number of piperidine rings is 1. The Labute approximate surface area is 169 Å². The van der Waals surface area contributed by atoms with Gasteiger partial charge in [0.15, 0.2) is 5.79 Å². The Morgan fingerprint density at radius 1 is 1.10 bits per heavy atom. The minimum Gasteiger partial charge on any atom is -0.469 e. The van der Waals surface area contributed by atoms with Crippen molar-refractivity contribution in [1.29, 1.82) is 0 Å². The van der Waals surface area contributed by atoms with E-state index in [-0.39, 0.29) is 18.2 Å². The second-order valence-corrected chi connectivity index (χ2v) is 7.43. The van der Waals surface area contributed by atoms with Crippen LogP contribution in [0.2, 0.25) is 0 Å². The Kier molecular flexibility index (Phi) is 5.73. The number of likely N-dealkylation sites (tertiary alicyclic amines) is 1. The number of carbonyl (C=O) groups excluding carboxylic acids is 2. The average Bonchev–Trinajstić information content (AvgIpc) is 3.48. The van der Waals surface area contributed by atoms with Gasteiger partial charge in [-0.1, -0.05) is 0 Å². The molecule has 0 unspecified atom stereocenters. The number of hydrogen-bond acceptors (Lipinski definition) is 6. The van der Waals surface area contributed by atoms with Crippen LogP contribution >= 0.6 is 0 Å². The van der Waals surface area contributed by atoms with Gasteiger partial charge in [-0.05, 0) is 25.1 Å². The van der Waals surface area contributed by atoms with E-state index < -0.39 is 5.79 Å². The van der Waals surface area contributed by atoms with Crippen molar-refractivity contribution in [2.24, 2.45) is 0 Å². The van der Waals surface area contributed by atoms with Gasteiger partial charge in [0.1, 0.15) is 11.5 Å². The van der Waals surface area contributed by atoms with Crippen molar-refractivity contribution in [1.82, 2.24) is 9.80 Å². The Morgan fingerprint density at radius 3 is 2.48 bits per heavy atom. The number of ether oxygens (including phenoxy) is 2. The molecule has 2 aromatic rings. The van der Waals surface area contributed by atoms with Crippen LogP contribution in [0, 0.1) is 6.92 Å². The summed E-state index contributed by atoms with van der Waals surface area (Å²) in [6.07, 6.45) is 4.68. The van der Waals surface area contributed by atoms with E-state index >= 15 is 0 Å². The SMILES string of the molecule is Cc1occc1C(=O)N(CCC(=O)N1CCC2(CC1)OCCO2)Cc1ccco1. The zero-order valence-electron chi connectivity index (χ0n) is 16.6. The van der Waals surface area contributed by atoms with Gasteiger partial charge in [0.2, 0.25) is 5.91 Å². The van der Waals surface area contributed by atoms with Gasteiger partial charge in [0.05, 0.1) is 37.8 Å². The Balaban J connectivity index is 1.36. The summed E-state index contributed by atoms with van der Waals surface area (Å²) in [5, 5.41) is 0. The van der Waals surface area contributed by atoms with E-state index in [1.54, 1.807) is 30.2 Å². The molecule has 0 N–H and O–H groups in total. The van der Waals surface area contributed by atoms with Crippen LogP contribution in [0.1, 0.15) is 41.1 Å². The molecule has 0 bridgehead atoms. The van der Waals surface area contributed by atoms with Gasteiger partial charge < -0.3 is 28.1 Å². The van der Waals surface area contributed by atoms with Crippen LogP contribution in [-0.4, -0.2) is 60.2 Å². The van der Waals surface area contributed by atoms with Crippen LogP contribution in [0.3, 0.4) is 0 Å². The summed E-state index contributed by atoms with van der Waals surface area (Å²) in [7, 11) is 0. The summed E-state index contributed by atoms with van der Waals surface area (Å²) in [6.45, 7) is 4.79. The molecule has 2 saturated heterocycles. The monoisotopic (exact) mass is 402 g/mol. The van der Waals surface area contributed by atoms with Gasteiger partial charge in [-0.25, -0.2) is 0 Å². The van der Waals surface area contributed by atoms with Gasteiger partial charge in [-0.3, -0.25) is 9.59 Å². The predicted octanol–water partition coefficient (Wildman–Crippen LogP) is 2.58. The number of nitrogens with zero attached hydrogens (tertiary/aromatic N) is 2. The standard InChI is InChI=1S/C21H26N2O6/c1-16-18(5-12-26-16)20(25)23(15-17-3-2-11-27-17)8-4-19(24)22-9-6-21(7-10-22)28-13-14-29-21/h2-3,5,11-12H,4,6-10,13-15H2,1H3. The van der Waals surface area contributed by atoms with Gasteiger partial charge in [0, 0.05) is 38.9 Å². The third-order valence-corrected chi connectivity index (χ3v) is 5.59. The van der Waals surface area contributed by atoms with E-state index in [0.29, 0.717) is 69.3 Å². The molecular formula is C21H26N2O6. The molecule has 2 aromatic heterocycles. The number of amides is 2. The van der Waals surface area contributed by atoms with E-state index in [9.17, 15) is 9.59 Å². The van der Waals surface area contributed by atoms with E-state index in [1.165, 1.54) is 6.26 Å². The van der Waals surface area contributed by atoms with Crippen molar-refractivity contribution in [3.63, 3.8) is 0 Å². The first-order valence-corrected chi connectivity index (χ1v) is 9.98. The van der Waals surface area contributed by atoms with Crippen molar-refractivity contribution in [2.75, 3.05) is 32.8 Å². The molecule has 2 aliphatic heterocycles. The van der Waals surface area contributed by atoms with E-state index in [2.05, 4.69) is 0 Å². The number of rotatable bonds is 6. The maximum atomic E-state index is 13.0. The quantitative estimate of drug-likeness (QED) is 0.738. The molecule has 4 heterocycles. The molecule has 29 heavy (non-hydrogen) atoms. The fraction of sp³-hybridized carbons (Fsp3) is 0.524. The highest BCUT2D eigenvalue weighted by Crippen LogP contribution is 2.31. The zero-order valence-corrected chi connectivity index (χ0v) is 16.6. The lowest BCUT2D eigenvalue weighted by molar-refractivity contribution is -0.187. The highest BCUT2D eigenvalue weighted by atomic mass is 16.7. The Morgan fingerprint density at radius 2 is 1.86 bits per heavy atom. The summed E-state index contributed by atoms with van der Waals surface area (Å²) >= 11 is 0. The highest BCUT2D eigenvalue weighted by Gasteiger charge is 2.40. The van der Waals surface area contributed by atoms with Crippen LogP contribution in [-0.2, 0) is 20.8 Å². The van der Waals surface area contributed by atoms with Crippen LogP contribution in [0.25, 0.3) is 0 Å². The lowest BCUT2D eigenvalue weighted by atomic mass is 10.0. The number of aryl methyl sites for hydroxylation is 1. The third kappa shape index (κ3) is 4.38. The van der Waals surface area contributed by atoms with Gasteiger partial charge in [-0.2, -0.15) is 0 Å². The summed E-state index contributed by atoms with van der Waals surface area (Å²) in [5.41, 5.74) is 0.499. The van der Waals surface area contributed by atoms with E-state index in [4.69, 9.17) is 18.3 Å². The molecular weight excluding hydrogens is 376 g/mol. The van der Waals surface area contributed by atoms with Crippen molar-refractivity contribution in [3.05, 3.63) is 47.8 Å². The normalized spacial score (nSPS) is 18.3. The summed E-state index contributed by atoms with van der Waals surface area (Å²) in [5.74, 6) is 0.576. The van der Waals surface area contributed by atoms with E-state index in [1.807, 2.05) is 11.0 Å².